The zero-order valence-electron chi connectivity index (χ0n) is 14.2. The van der Waals surface area contributed by atoms with Crippen molar-refractivity contribution in [2.24, 2.45) is 0 Å². The van der Waals surface area contributed by atoms with Gasteiger partial charge in [0.2, 0.25) is 0 Å². The van der Waals surface area contributed by atoms with Crippen molar-refractivity contribution in [3.8, 4) is 0 Å². The summed E-state index contributed by atoms with van der Waals surface area (Å²) in [5, 5.41) is 11.0. The van der Waals surface area contributed by atoms with Gasteiger partial charge in [-0.1, -0.05) is 19.1 Å². The van der Waals surface area contributed by atoms with Gasteiger partial charge in [0.1, 0.15) is 12.7 Å². The third-order valence-corrected chi connectivity index (χ3v) is 3.99. The van der Waals surface area contributed by atoms with Crippen LogP contribution in [0.2, 0.25) is 0 Å². The Hall–Kier alpha value is -2.64. The molecular weight excluding hydrogens is 328 g/mol. The number of ether oxygens (including phenoxy) is 2. The van der Waals surface area contributed by atoms with E-state index in [1.165, 1.54) is 11.0 Å². The minimum absolute atomic E-state index is 0.0724. The van der Waals surface area contributed by atoms with Crippen LogP contribution in [0.4, 0.5) is 10.5 Å². The Balaban J connectivity index is 1.80. The summed E-state index contributed by atoms with van der Waals surface area (Å²) in [6, 6.07) is 6.16. The van der Waals surface area contributed by atoms with Crippen molar-refractivity contribution in [3.63, 3.8) is 0 Å². The van der Waals surface area contributed by atoms with Crippen LogP contribution in [0.15, 0.2) is 24.3 Å². The summed E-state index contributed by atoms with van der Waals surface area (Å²) in [4.78, 5) is 35.6. The molecule has 0 aromatic heterocycles. The van der Waals surface area contributed by atoms with E-state index in [-0.39, 0.29) is 24.4 Å². The van der Waals surface area contributed by atoms with E-state index in [4.69, 9.17) is 9.47 Å². The molecule has 8 nitrogen and oxygen atoms in total. The van der Waals surface area contributed by atoms with E-state index in [0.717, 1.165) is 6.42 Å². The number of carbonyl (C=O) groups excluding carboxylic acids is 2. The van der Waals surface area contributed by atoms with Gasteiger partial charge in [-0.3, -0.25) is 14.9 Å². The van der Waals surface area contributed by atoms with Gasteiger partial charge in [0, 0.05) is 38.4 Å². The molecule has 1 aliphatic rings. The van der Waals surface area contributed by atoms with Gasteiger partial charge in [-0.05, 0) is 12.5 Å². The van der Waals surface area contributed by atoms with Crippen LogP contribution in [0.25, 0.3) is 0 Å². The topological polar surface area (TPSA) is 99.0 Å². The van der Waals surface area contributed by atoms with E-state index in [2.05, 4.69) is 0 Å². The lowest BCUT2D eigenvalue weighted by Crippen LogP contribution is -2.41. The molecule has 1 aliphatic heterocycles. The van der Waals surface area contributed by atoms with Crippen LogP contribution >= 0.6 is 0 Å². The lowest BCUT2D eigenvalue weighted by Gasteiger charge is -2.31. The van der Waals surface area contributed by atoms with Crippen molar-refractivity contribution < 1.29 is 24.0 Å². The molecule has 0 aliphatic carbocycles. The lowest BCUT2D eigenvalue weighted by atomic mass is 10.1. The van der Waals surface area contributed by atoms with Crippen molar-refractivity contribution in [2.45, 2.75) is 45.3 Å². The fourth-order valence-corrected chi connectivity index (χ4v) is 2.65. The molecule has 1 fully saturated rings. The summed E-state index contributed by atoms with van der Waals surface area (Å²) in [5.74, 6) is -0.208. The Labute approximate surface area is 145 Å². The minimum Gasteiger partial charge on any atom is -0.462 e. The number of likely N-dealkylation sites (tertiary alicyclic amines) is 1. The Morgan fingerprint density at radius 2 is 1.96 bits per heavy atom. The number of rotatable bonds is 6. The fraction of sp³-hybridized carbons (Fsp3) is 0.529. The highest BCUT2D eigenvalue weighted by Crippen LogP contribution is 2.20. The lowest BCUT2D eigenvalue weighted by molar-refractivity contribution is -0.385. The van der Waals surface area contributed by atoms with E-state index in [1.54, 1.807) is 18.2 Å². The van der Waals surface area contributed by atoms with Gasteiger partial charge in [-0.25, -0.2) is 4.79 Å². The van der Waals surface area contributed by atoms with E-state index in [9.17, 15) is 19.7 Å². The number of nitro groups is 1. The molecule has 25 heavy (non-hydrogen) atoms. The second kappa shape index (κ2) is 9.00. The molecule has 0 saturated carbocycles. The van der Waals surface area contributed by atoms with E-state index >= 15 is 0 Å². The number of hydrogen-bond acceptors (Lipinski definition) is 6. The van der Waals surface area contributed by atoms with Gasteiger partial charge in [-0.15, -0.1) is 0 Å². The molecule has 0 bridgehead atoms. The number of nitrogens with zero attached hydrogens (tertiary/aromatic N) is 2. The average Bonchev–Trinajstić information content (AvgIpc) is 2.60. The molecule has 136 valence electrons. The van der Waals surface area contributed by atoms with Crippen LogP contribution in [0.5, 0.6) is 0 Å². The molecular formula is C17H22N2O6. The molecule has 0 radical (unpaired) electrons. The molecule has 1 aromatic carbocycles. The van der Waals surface area contributed by atoms with Gasteiger partial charge >= 0.3 is 12.1 Å². The van der Waals surface area contributed by atoms with Gasteiger partial charge in [0.15, 0.2) is 0 Å². The van der Waals surface area contributed by atoms with Crippen molar-refractivity contribution in [2.75, 3.05) is 13.1 Å². The van der Waals surface area contributed by atoms with Crippen molar-refractivity contribution in [3.05, 3.63) is 39.9 Å². The SMILES string of the molecule is CCCC(=O)OC1CCN(C(=O)OCc2ccccc2[N+](=O)[O-])CC1. The first-order valence-electron chi connectivity index (χ1n) is 8.34. The number of benzene rings is 1. The molecule has 1 heterocycles. The quantitative estimate of drug-likeness (QED) is 0.444. The zero-order valence-corrected chi connectivity index (χ0v) is 14.2. The second-order valence-corrected chi connectivity index (χ2v) is 5.87. The normalized spacial score (nSPS) is 14.8. The van der Waals surface area contributed by atoms with Crippen molar-refractivity contribution >= 4 is 17.7 Å². The highest BCUT2D eigenvalue weighted by Gasteiger charge is 2.26. The Morgan fingerprint density at radius 3 is 2.60 bits per heavy atom. The molecule has 0 spiro atoms. The number of amides is 1. The van der Waals surface area contributed by atoms with Crippen LogP contribution in [0.1, 0.15) is 38.2 Å². The monoisotopic (exact) mass is 350 g/mol. The van der Waals surface area contributed by atoms with Crippen LogP contribution in [0, 0.1) is 10.1 Å². The number of nitro benzene ring substituents is 1. The van der Waals surface area contributed by atoms with Gasteiger partial charge in [-0.2, -0.15) is 0 Å². The summed E-state index contributed by atoms with van der Waals surface area (Å²) in [6.07, 6.45) is 1.59. The maximum atomic E-state index is 12.1. The van der Waals surface area contributed by atoms with Gasteiger partial charge in [0.25, 0.3) is 5.69 Å². The maximum absolute atomic E-state index is 12.1. The van der Waals surface area contributed by atoms with Crippen LogP contribution in [-0.2, 0) is 20.9 Å². The van der Waals surface area contributed by atoms with Crippen LogP contribution in [-0.4, -0.2) is 41.1 Å². The summed E-state index contributed by atoms with van der Waals surface area (Å²) >= 11 is 0. The Morgan fingerprint density at radius 1 is 1.28 bits per heavy atom. The van der Waals surface area contributed by atoms with Crippen LogP contribution < -0.4 is 0 Å². The second-order valence-electron chi connectivity index (χ2n) is 5.87. The first kappa shape index (κ1) is 18.7. The molecule has 0 N–H and O–H groups in total. The van der Waals surface area contributed by atoms with Crippen molar-refractivity contribution in [1.29, 1.82) is 0 Å². The maximum Gasteiger partial charge on any atom is 0.410 e. The molecule has 1 saturated heterocycles. The summed E-state index contributed by atoms with van der Waals surface area (Å²) < 4.78 is 10.5. The smallest absolute Gasteiger partial charge is 0.410 e. The molecule has 1 aromatic rings. The van der Waals surface area contributed by atoms with Crippen molar-refractivity contribution in [1.82, 2.24) is 4.90 Å². The van der Waals surface area contributed by atoms with Crippen LogP contribution in [0.3, 0.4) is 0 Å². The predicted molar refractivity (Wildman–Crippen MR) is 88.9 cm³/mol. The fourth-order valence-electron chi connectivity index (χ4n) is 2.65. The average molecular weight is 350 g/mol. The summed E-state index contributed by atoms with van der Waals surface area (Å²) in [7, 11) is 0. The zero-order chi connectivity index (χ0) is 18.2. The third kappa shape index (κ3) is 5.44. The van der Waals surface area contributed by atoms with E-state index in [0.29, 0.717) is 37.9 Å². The van der Waals surface area contributed by atoms with E-state index < -0.39 is 11.0 Å². The largest absolute Gasteiger partial charge is 0.462 e. The number of hydrogen-bond donors (Lipinski definition) is 0. The number of piperidine rings is 1. The molecule has 2 rings (SSSR count). The Bertz CT molecular complexity index is 625. The van der Waals surface area contributed by atoms with Gasteiger partial charge in [0.05, 0.1) is 10.5 Å². The highest BCUT2D eigenvalue weighted by molar-refractivity contribution is 5.70. The minimum atomic E-state index is -0.517. The summed E-state index contributed by atoms with van der Waals surface area (Å²) in [5.41, 5.74) is 0.279. The molecule has 8 heteroatoms. The van der Waals surface area contributed by atoms with E-state index in [1.807, 2.05) is 6.92 Å². The third-order valence-electron chi connectivity index (χ3n) is 3.99. The molecule has 0 atom stereocenters. The first-order chi connectivity index (χ1) is 12.0. The first-order valence-corrected chi connectivity index (χ1v) is 8.34. The molecule has 1 amide bonds. The van der Waals surface area contributed by atoms with Gasteiger partial charge < -0.3 is 14.4 Å². The number of para-hydroxylation sites is 1. The standard InChI is InChI=1S/C17H22N2O6/c1-2-5-16(20)25-14-8-10-18(11-9-14)17(21)24-12-13-6-3-4-7-15(13)19(22)23/h3-4,6-7,14H,2,5,8-12H2,1H3. The molecule has 0 unspecified atom stereocenters. The predicted octanol–water partition coefficient (Wildman–Crippen LogP) is 3.04. The summed E-state index contributed by atoms with van der Waals surface area (Å²) in [6.45, 7) is 2.62. The number of carbonyl (C=O) groups is 2. The Kier molecular flexibility index (Phi) is 6.73. The number of esters is 1. The highest BCUT2D eigenvalue weighted by atomic mass is 16.6.